The summed E-state index contributed by atoms with van der Waals surface area (Å²) in [6.45, 7) is 0.715. The van der Waals surface area contributed by atoms with E-state index in [1.807, 2.05) is 53.5 Å². The smallest absolute Gasteiger partial charge is 0.503 e. The van der Waals surface area contributed by atoms with Crippen molar-refractivity contribution >= 4 is 21.8 Å². The van der Waals surface area contributed by atoms with Crippen molar-refractivity contribution in [2.45, 2.75) is 44.1 Å². The molecule has 0 atom stereocenters. The molecule has 4 bridgehead atoms. The molecule has 12 rings (SSSR count). The molecule has 0 N–H and O–H groups in total. The molecule has 0 spiro atoms. The minimum absolute atomic E-state index is 0. The number of pyridine rings is 1. The summed E-state index contributed by atoms with van der Waals surface area (Å²) >= 11 is 0. The Morgan fingerprint density at radius 1 is 0.655 bits per heavy atom. The maximum Gasteiger partial charge on any atom is 2.00 e. The molecule has 8 aromatic rings. The first-order chi connectivity index (χ1) is 26.7. The molecule has 0 radical (unpaired) electrons. The van der Waals surface area contributed by atoms with Gasteiger partial charge in [0.25, 0.3) is 0 Å². The summed E-state index contributed by atoms with van der Waals surface area (Å²) < 4.78 is 10.8. The molecule has 0 aliphatic heterocycles. The van der Waals surface area contributed by atoms with Gasteiger partial charge in [-0.05, 0) is 96.1 Å². The van der Waals surface area contributed by atoms with E-state index in [-0.39, 0.29) is 26.5 Å². The third-order valence-electron chi connectivity index (χ3n) is 12.8. The SMILES string of the molecule is [Pt+2].[c-]1c(Oc2[c-]c3c(cc2)c2ccccc2n3-c2cc(C3(c4ccccc4)C4CC5CC(C4)CC3C5)ccn2)cccc1-c1ccn(Cc2ccccc2)n1. The Morgan fingerprint density at radius 2 is 1.38 bits per heavy atom. The van der Waals surface area contributed by atoms with E-state index in [4.69, 9.17) is 14.8 Å². The first-order valence-electron chi connectivity index (χ1n) is 19.4. The molecule has 4 aliphatic carbocycles. The minimum atomic E-state index is 0. The van der Waals surface area contributed by atoms with Crippen molar-refractivity contribution in [1.29, 1.82) is 0 Å². The molecule has 4 fully saturated rings. The zero-order chi connectivity index (χ0) is 35.6. The average Bonchev–Trinajstić information content (AvgIpc) is 3.81. The molecule has 0 amide bonds. The zero-order valence-corrected chi connectivity index (χ0v) is 32.7. The third-order valence-corrected chi connectivity index (χ3v) is 12.8. The van der Waals surface area contributed by atoms with Gasteiger partial charge in [-0.25, -0.2) is 10.1 Å². The van der Waals surface area contributed by atoms with Gasteiger partial charge in [0.2, 0.25) is 0 Å². The largest absolute Gasteiger partial charge is 2.00 e. The summed E-state index contributed by atoms with van der Waals surface area (Å²) in [5.74, 6) is 5.25. The van der Waals surface area contributed by atoms with Crippen LogP contribution in [0.2, 0.25) is 0 Å². The predicted molar refractivity (Wildman–Crippen MR) is 214 cm³/mol. The first kappa shape index (κ1) is 34.3. The number of benzene rings is 5. The van der Waals surface area contributed by atoms with E-state index in [2.05, 4.69) is 114 Å². The first-order valence-corrected chi connectivity index (χ1v) is 19.4. The number of hydrogen-bond donors (Lipinski definition) is 0. The van der Waals surface area contributed by atoms with Crippen LogP contribution in [0.3, 0.4) is 0 Å². The van der Waals surface area contributed by atoms with Crippen molar-refractivity contribution in [1.82, 2.24) is 19.3 Å². The van der Waals surface area contributed by atoms with Crippen LogP contribution in [0.25, 0.3) is 38.9 Å². The van der Waals surface area contributed by atoms with Gasteiger partial charge in [0.05, 0.1) is 6.54 Å². The summed E-state index contributed by atoms with van der Waals surface area (Å²) in [5.41, 5.74) is 7.90. The second-order valence-corrected chi connectivity index (χ2v) is 15.8. The predicted octanol–water partition coefficient (Wildman–Crippen LogP) is 11.2. The Morgan fingerprint density at radius 3 is 2.18 bits per heavy atom. The number of aromatic nitrogens is 4. The molecule has 272 valence electrons. The molecular formula is C49H40N4OPt. The van der Waals surface area contributed by atoms with Gasteiger partial charge in [0.1, 0.15) is 5.82 Å². The topological polar surface area (TPSA) is 44.9 Å². The van der Waals surface area contributed by atoms with Crippen molar-refractivity contribution in [2.75, 3.05) is 0 Å². The Kier molecular flexibility index (Phi) is 8.59. The fourth-order valence-electron chi connectivity index (χ4n) is 10.9. The van der Waals surface area contributed by atoms with Crippen molar-refractivity contribution in [3.8, 4) is 28.6 Å². The van der Waals surface area contributed by atoms with E-state index in [1.165, 1.54) is 54.2 Å². The average molecular weight is 896 g/mol. The van der Waals surface area contributed by atoms with E-state index in [1.54, 1.807) is 0 Å². The van der Waals surface area contributed by atoms with Gasteiger partial charge in [-0.15, -0.1) is 41.3 Å². The number of fused-ring (bicyclic) bond motifs is 3. The number of hydrogen-bond acceptors (Lipinski definition) is 3. The molecule has 3 aromatic heterocycles. The van der Waals surface area contributed by atoms with Crippen molar-refractivity contribution in [3.63, 3.8) is 0 Å². The molecular weight excluding hydrogens is 856 g/mol. The molecule has 3 heterocycles. The van der Waals surface area contributed by atoms with E-state index < -0.39 is 0 Å². The van der Waals surface area contributed by atoms with Gasteiger partial charge in [0, 0.05) is 40.5 Å². The molecule has 0 unspecified atom stereocenters. The van der Waals surface area contributed by atoms with Crippen LogP contribution in [0.15, 0.2) is 146 Å². The van der Waals surface area contributed by atoms with Gasteiger partial charge >= 0.3 is 21.1 Å². The Hall–Kier alpha value is -5.25. The van der Waals surface area contributed by atoms with Crippen LogP contribution in [0.1, 0.15) is 48.8 Å². The monoisotopic (exact) mass is 895 g/mol. The van der Waals surface area contributed by atoms with Gasteiger partial charge < -0.3 is 9.30 Å². The number of ether oxygens (including phenoxy) is 1. The Bertz CT molecular complexity index is 2620. The van der Waals surface area contributed by atoms with Crippen LogP contribution >= 0.6 is 0 Å². The minimum Gasteiger partial charge on any atom is -0.503 e. The van der Waals surface area contributed by atoms with Crippen LogP contribution in [0.5, 0.6) is 11.5 Å². The summed E-state index contributed by atoms with van der Waals surface area (Å²) in [7, 11) is 0. The molecule has 0 saturated heterocycles. The summed E-state index contributed by atoms with van der Waals surface area (Å²) in [5, 5.41) is 7.13. The molecule has 6 heteroatoms. The molecule has 4 aliphatic rings. The third kappa shape index (κ3) is 5.78. The van der Waals surface area contributed by atoms with Crippen LogP contribution in [-0.2, 0) is 33.0 Å². The molecule has 5 aromatic carbocycles. The summed E-state index contributed by atoms with van der Waals surface area (Å²) in [6, 6.07) is 54.4. The maximum absolute atomic E-state index is 6.52. The van der Waals surface area contributed by atoms with E-state index >= 15 is 0 Å². The number of rotatable bonds is 8. The second-order valence-electron chi connectivity index (χ2n) is 15.8. The Balaban J connectivity index is 0.00000372. The van der Waals surface area contributed by atoms with Gasteiger partial charge in [-0.2, -0.15) is 6.07 Å². The number of nitrogens with zero attached hydrogens (tertiary/aromatic N) is 4. The second kappa shape index (κ2) is 13.8. The van der Waals surface area contributed by atoms with Gasteiger partial charge in [-0.1, -0.05) is 96.5 Å². The summed E-state index contributed by atoms with van der Waals surface area (Å²) in [4.78, 5) is 5.09. The molecule has 55 heavy (non-hydrogen) atoms. The van der Waals surface area contributed by atoms with E-state index in [0.717, 1.165) is 45.3 Å². The van der Waals surface area contributed by atoms with Crippen LogP contribution in [-0.4, -0.2) is 19.3 Å². The maximum atomic E-state index is 6.52. The van der Waals surface area contributed by atoms with Crippen molar-refractivity contribution in [3.05, 3.63) is 175 Å². The van der Waals surface area contributed by atoms with Crippen molar-refractivity contribution < 1.29 is 25.8 Å². The fourth-order valence-corrected chi connectivity index (χ4v) is 10.9. The zero-order valence-electron chi connectivity index (χ0n) is 30.4. The van der Waals surface area contributed by atoms with Crippen LogP contribution in [0, 0.1) is 35.8 Å². The molecule has 4 saturated carbocycles. The standard InChI is InChI=1S/C49H40N4O.Pt/c1-3-10-33(11-4-1)32-52-23-21-45(51-52)36-12-9-15-41(29-36)54-42-18-19-44-43-16-7-8-17-46(43)53(47(44)31-42)48-30-38(20-22-50-48)49(37-13-5-2-6-14-37)39-25-34-24-35(27-39)28-40(49)26-34;/h1-23,30,34-35,39-40H,24-28,32H2;/q-2;+2. The fraction of sp³-hybridized carbons (Fsp3) is 0.224. The quantitative estimate of drug-likeness (QED) is 0.143. The van der Waals surface area contributed by atoms with Crippen molar-refractivity contribution in [2.24, 2.45) is 23.7 Å². The van der Waals surface area contributed by atoms with E-state index in [9.17, 15) is 0 Å². The number of para-hydroxylation sites is 1. The normalized spacial score (nSPS) is 22.5. The van der Waals surface area contributed by atoms with Gasteiger partial charge in [0.15, 0.2) is 0 Å². The van der Waals surface area contributed by atoms with E-state index in [0.29, 0.717) is 29.9 Å². The Labute approximate surface area is 336 Å². The van der Waals surface area contributed by atoms with Crippen LogP contribution < -0.4 is 4.74 Å². The van der Waals surface area contributed by atoms with Crippen LogP contribution in [0.4, 0.5) is 0 Å². The molecule has 5 nitrogen and oxygen atoms in total. The summed E-state index contributed by atoms with van der Waals surface area (Å²) in [6.07, 6.45) is 10.8. The van der Waals surface area contributed by atoms with Gasteiger partial charge in [-0.3, -0.25) is 4.68 Å².